The third-order valence-corrected chi connectivity index (χ3v) is 3.08. The van der Waals surface area contributed by atoms with Crippen LogP contribution in [-0.2, 0) is 0 Å². The van der Waals surface area contributed by atoms with E-state index in [1.54, 1.807) is 6.07 Å². The lowest BCUT2D eigenvalue weighted by molar-refractivity contribution is 0.167. The van der Waals surface area contributed by atoms with Gasteiger partial charge >= 0.3 is 0 Å². The van der Waals surface area contributed by atoms with Gasteiger partial charge in [0.15, 0.2) is 0 Å². The molecule has 0 spiro atoms. The molecule has 1 heterocycles. The van der Waals surface area contributed by atoms with Crippen molar-refractivity contribution in [3.63, 3.8) is 0 Å². The van der Waals surface area contributed by atoms with Crippen LogP contribution in [0.25, 0.3) is 0 Å². The SMILES string of the molecule is CCN1CCNCC1c1ccc(F)cc1F. The number of likely N-dealkylation sites (N-methyl/N-ethyl adjacent to an activating group) is 1. The molecule has 0 amide bonds. The highest BCUT2D eigenvalue weighted by atomic mass is 19.1. The monoisotopic (exact) mass is 226 g/mol. The fourth-order valence-electron chi connectivity index (χ4n) is 2.20. The predicted octanol–water partition coefficient (Wildman–Crippen LogP) is 1.93. The molecule has 1 aromatic carbocycles. The van der Waals surface area contributed by atoms with Crippen molar-refractivity contribution in [1.82, 2.24) is 10.2 Å². The van der Waals surface area contributed by atoms with Crippen LogP contribution in [0.5, 0.6) is 0 Å². The van der Waals surface area contributed by atoms with E-state index in [0.717, 1.165) is 32.2 Å². The standard InChI is InChI=1S/C12H16F2N2/c1-2-16-6-5-15-8-12(16)10-4-3-9(13)7-11(10)14/h3-4,7,12,15H,2,5-6,8H2,1H3. The van der Waals surface area contributed by atoms with E-state index in [1.807, 2.05) is 0 Å². The first-order valence-corrected chi connectivity index (χ1v) is 5.62. The summed E-state index contributed by atoms with van der Waals surface area (Å²) in [7, 11) is 0. The molecule has 88 valence electrons. The lowest BCUT2D eigenvalue weighted by Gasteiger charge is -2.35. The van der Waals surface area contributed by atoms with Gasteiger partial charge in [-0.25, -0.2) is 8.78 Å². The van der Waals surface area contributed by atoms with Gasteiger partial charge in [-0.05, 0) is 12.6 Å². The zero-order valence-electron chi connectivity index (χ0n) is 9.34. The Balaban J connectivity index is 2.27. The van der Waals surface area contributed by atoms with Crippen LogP contribution < -0.4 is 5.32 Å². The number of benzene rings is 1. The molecule has 2 rings (SSSR count). The van der Waals surface area contributed by atoms with Crippen molar-refractivity contribution < 1.29 is 8.78 Å². The molecule has 16 heavy (non-hydrogen) atoms. The topological polar surface area (TPSA) is 15.3 Å². The molecule has 1 unspecified atom stereocenters. The van der Waals surface area contributed by atoms with E-state index in [1.165, 1.54) is 6.07 Å². The van der Waals surface area contributed by atoms with Gasteiger partial charge in [0.25, 0.3) is 0 Å². The first-order chi connectivity index (χ1) is 7.72. The van der Waals surface area contributed by atoms with Gasteiger partial charge in [-0.2, -0.15) is 0 Å². The van der Waals surface area contributed by atoms with Crippen molar-refractivity contribution in [3.8, 4) is 0 Å². The smallest absolute Gasteiger partial charge is 0.130 e. The highest BCUT2D eigenvalue weighted by molar-refractivity contribution is 5.23. The molecule has 1 aliphatic heterocycles. The molecule has 1 aromatic rings. The van der Waals surface area contributed by atoms with Gasteiger partial charge in [0.1, 0.15) is 11.6 Å². The summed E-state index contributed by atoms with van der Waals surface area (Å²) < 4.78 is 26.5. The molecule has 1 saturated heterocycles. The average Bonchev–Trinajstić information content (AvgIpc) is 2.29. The Morgan fingerprint density at radius 1 is 1.44 bits per heavy atom. The van der Waals surface area contributed by atoms with Gasteiger partial charge in [-0.1, -0.05) is 13.0 Å². The number of nitrogens with zero attached hydrogens (tertiary/aromatic N) is 1. The summed E-state index contributed by atoms with van der Waals surface area (Å²) in [5, 5.41) is 3.24. The lowest BCUT2D eigenvalue weighted by atomic mass is 10.0. The third-order valence-electron chi connectivity index (χ3n) is 3.08. The summed E-state index contributed by atoms with van der Waals surface area (Å²) in [5.74, 6) is -0.972. The van der Waals surface area contributed by atoms with E-state index >= 15 is 0 Å². The van der Waals surface area contributed by atoms with Crippen LogP contribution in [0.4, 0.5) is 8.78 Å². The summed E-state index contributed by atoms with van der Waals surface area (Å²) in [4.78, 5) is 2.20. The number of halogens is 2. The van der Waals surface area contributed by atoms with Gasteiger partial charge in [-0.3, -0.25) is 4.90 Å². The Kier molecular flexibility index (Phi) is 3.51. The molecule has 1 N–H and O–H groups in total. The Morgan fingerprint density at radius 3 is 2.94 bits per heavy atom. The van der Waals surface area contributed by atoms with Crippen LogP contribution in [-0.4, -0.2) is 31.1 Å². The lowest BCUT2D eigenvalue weighted by Crippen LogP contribution is -2.46. The number of rotatable bonds is 2. The summed E-state index contributed by atoms with van der Waals surface area (Å²) in [5.41, 5.74) is 0.579. The Hall–Kier alpha value is -1.00. The summed E-state index contributed by atoms with van der Waals surface area (Å²) in [6, 6.07) is 3.84. The number of nitrogens with one attached hydrogen (secondary N) is 1. The molecular weight excluding hydrogens is 210 g/mol. The molecular formula is C12H16F2N2. The van der Waals surface area contributed by atoms with Crippen LogP contribution >= 0.6 is 0 Å². The van der Waals surface area contributed by atoms with Gasteiger partial charge in [0.05, 0.1) is 6.04 Å². The first-order valence-electron chi connectivity index (χ1n) is 5.62. The third kappa shape index (κ3) is 2.23. The molecule has 0 radical (unpaired) electrons. The highest BCUT2D eigenvalue weighted by Crippen LogP contribution is 2.24. The minimum Gasteiger partial charge on any atom is -0.314 e. The van der Waals surface area contributed by atoms with Gasteiger partial charge in [-0.15, -0.1) is 0 Å². The van der Waals surface area contributed by atoms with Crippen LogP contribution in [0.1, 0.15) is 18.5 Å². The predicted molar refractivity (Wildman–Crippen MR) is 59.2 cm³/mol. The fourth-order valence-corrected chi connectivity index (χ4v) is 2.20. The van der Waals surface area contributed by atoms with Gasteiger partial charge in [0.2, 0.25) is 0 Å². The van der Waals surface area contributed by atoms with Crippen molar-refractivity contribution in [2.75, 3.05) is 26.2 Å². The highest BCUT2D eigenvalue weighted by Gasteiger charge is 2.24. The Labute approximate surface area is 94.3 Å². The van der Waals surface area contributed by atoms with Crippen LogP contribution in [0.3, 0.4) is 0 Å². The summed E-state index contributed by atoms with van der Waals surface area (Å²) in [6.07, 6.45) is 0. The molecule has 1 atom stereocenters. The summed E-state index contributed by atoms with van der Waals surface area (Å²) >= 11 is 0. The second kappa shape index (κ2) is 4.89. The van der Waals surface area contributed by atoms with Crippen molar-refractivity contribution in [1.29, 1.82) is 0 Å². The molecule has 0 saturated carbocycles. The maximum Gasteiger partial charge on any atom is 0.130 e. The van der Waals surface area contributed by atoms with Crippen molar-refractivity contribution in [2.24, 2.45) is 0 Å². The minimum absolute atomic E-state index is 0.0133. The maximum absolute atomic E-state index is 13.7. The molecule has 1 fully saturated rings. The summed E-state index contributed by atoms with van der Waals surface area (Å²) in [6.45, 7) is 5.48. The van der Waals surface area contributed by atoms with Crippen LogP contribution in [0, 0.1) is 11.6 Å². The van der Waals surface area contributed by atoms with Crippen molar-refractivity contribution in [2.45, 2.75) is 13.0 Å². The second-order valence-electron chi connectivity index (χ2n) is 4.01. The van der Waals surface area contributed by atoms with Gasteiger partial charge < -0.3 is 5.32 Å². The Morgan fingerprint density at radius 2 is 2.25 bits per heavy atom. The zero-order valence-corrected chi connectivity index (χ0v) is 9.34. The van der Waals surface area contributed by atoms with E-state index in [2.05, 4.69) is 17.1 Å². The molecule has 1 aliphatic rings. The normalized spacial score (nSPS) is 22.3. The maximum atomic E-state index is 13.7. The Bertz CT molecular complexity index is 368. The van der Waals surface area contributed by atoms with Crippen LogP contribution in [0.15, 0.2) is 18.2 Å². The van der Waals surface area contributed by atoms with E-state index in [4.69, 9.17) is 0 Å². The van der Waals surface area contributed by atoms with Crippen molar-refractivity contribution >= 4 is 0 Å². The molecule has 0 bridgehead atoms. The van der Waals surface area contributed by atoms with Gasteiger partial charge in [0, 0.05) is 31.3 Å². The molecule has 0 aromatic heterocycles. The largest absolute Gasteiger partial charge is 0.314 e. The van der Waals surface area contributed by atoms with E-state index < -0.39 is 11.6 Å². The minimum atomic E-state index is -0.520. The number of hydrogen-bond donors (Lipinski definition) is 1. The number of hydrogen-bond acceptors (Lipinski definition) is 2. The molecule has 2 nitrogen and oxygen atoms in total. The average molecular weight is 226 g/mol. The van der Waals surface area contributed by atoms with E-state index in [9.17, 15) is 8.78 Å². The second-order valence-corrected chi connectivity index (χ2v) is 4.01. The first kappa shape index (κ1) is 11.5. The van der Waals surface area contributed by atoms with E-state index in [0.29, 0.717) is 5.56 Å². The number of piperazine rings is 1. The molecule has 4 heteroatoms. The van der Waals surface area contributed by atoms with E-state index in [-0.39, 0.29) is 6.04 Å². The quantitative estimate of drug-likeness (QED) is 0.829. The molecule has 0 aliphatic carbocycles. The fraction of sp³-hybridized carbons (Fsp3) is 0.500. The zero-order chi connectivity index (χ0) is 11.5. The van der Waals surface area contributed by atoms with Crippen LogP contribution in [0.2, 0.25) is 0 Å². The van der Waals surface area contributed by atoms with Crippen molar-refractivity contribution in [3.05, 3.63) is 35.4 Å².